The summed E-state index contributed by atoms with van der Waals surface area (Å²) in [5.74, 6) is 1.03. The topological polar surface area (TPSA) is 81.9 Å². The normalized spacial score (nSPS) is 15.6. The number of guanidine groups is 1. The molecule has 0 bridgehead atoms. The molecule has 1 unspecified atom stereocenters. The molecule has 3 N–H and O–H groups in total. The minimum atomic E-state index is -0.167. The van der Waals surface area contributed by atoms with Gasteiger partial charge >= 0.3 is 0 Å². The number of aryl methyl sites for hydroxylation is 1. The van der Waals surface area contributed by atoms with Crippen molar-refractivity contribution in [3.63, 3.8) is 0 Å². The lowest BCUT2D eigenvalue weighted by Crippen LogP contribution is -2.39. The van der Waals surface area contributed by atoms with Crippen molar-refractivity contribution in [2.45, 2.75) is 39.2 Å². The predicted molar refractivity (Wildman–Crippen MR) is 124 cm³/mol. The summed E-state index contributed by atoms with van der Waals surface area (Å²) in [5, 5.41) is 9.61. The van der Waals surface area contributed by atoms with Crippen molar-refractivity contribution in [1.82, 2.24) is 20.9 Å². The molecular weight excluding hydrogens is 390 g/mol. The number of furan rings is 1. The quantitative estimate of drug-likeness (QED) is 0.310. The van der Waals surface area contributed by atoms with Crippen molar-refractivity contribution < 1.29 is 9.21 Å². The Bertz CT molecular complexity index is 828. The van der Waals surface area contributed by atoms with Gasteiger partial charge in [-0.1, -0.05) is 30.3 Å². The fourth-order valence-corrected chi connectivity index (χ4v) is 3.86. The van der Waals surface area contributed by atoms with E-state index in [9.17, 15) is 4.79 Å². The molecule has 1 aromatic carbocycles. The molecule has 1 saturated heterocycles. The molecule has 7 nitrogen and oxygen atoms in total. The molecule has 0 radical (unpaired) electrons. The molecule has 2 aromatic rings. The van der Waals surface area contributed by atoms with Gasteiger partial charge in [0.05, 0.1) is 18.8 Å². The van der Waals surface area contributed by atoms with Crippen LogP contribution < -0.4 is 16.0 Å². The van der Waals surface area contributed by atoms with Gasteiger partial charge in [-0.05, 0) is 57.8 Å². The van der Waals surface area contributed by atoms with Gasteiger partial charge in [0.25, 0.3) is 5.91 Å². The van der Waals surface area contributed by atoms with Crippen LogP contribution in [0.25, 0.3) is 0 Å². The van der Waals surface area contributed by atoms with Crippen molar-refractivity contribution in [2.75, 3.05) is 39.3 Å². The lowest BCUT2D eigenvalue weighted by atomic mass is 10.1. The molecule has 1 aliphatic heterocycles. The number of amides is 1. The SMILES string of the molecule is CCNC(=NCC(c1ccccc1)N1CCCC1)NCCCNC(=O)c1occc1C. The molecule has 1 fully saturated rings. The average molecular weight is 426 g/mol. The van der Waals surface area contributed by atoms with Gasteiger partial charge in [-0.15, -0.1) is 0 Å². The first-order chi connectivity index (χ1) is 15.2. The van der Waals surface area contributed by atoms with E-state index in [1.165, 1.54) is 24.7 Å². The highest BCUT2D eigenvalue weighted by Crippen LogP contribution is 2.25. The number of hydrogen-bond acceptors (Lipinski definition) is 4. The summed E-state index contributed by atoms with van der Waals surface area (Å²) in [4.78, 5) is 19.5. The number of carbonyl (C=O) groups excluding carboxylic acids is 1. The van der Waals surface area contributed by atoms with Crippen LogP contribution in [0.4, 0.5) is 0 Å². The van der Waals surface area contributed by atoms with Crippen LogP contribution in [0.2, 0.25) is 0 Å². The highest BCUT2D eigenvalue weighted by Gasteiger charge is 2.23. The maximum atomic E-state index is 12.1. The number of aliphatic imine (C=N–C) groups is 1. The molecule has 0 spiro atoms. The second-order valence-corrected chi connectivity index (χ2v) is 7.86. The van der Waals surface area contributed by atoms with Crippen LogP contribution >= 0.6 is 0 Å². The van der Waals surface area contributed by atoms with Gasteiger partial charge in [-0.25, -0.2) is 0 Å². The smallest absolute Gasteiger partial charge is 0.287 e. The Balaban J connectivity index is 1.49. The van der Waals surface area contributed by atoms with Gasteiger partial charge in [0, 0.05) is 25.2 Å². The predicted octanol–water partition coefficient (Wildman–Crippen LogP) is 3.10. The molecule has 1 amide bonds. The van der Waals surface area contributed by atoms with E-state index in [1.54, 1.807) is 6.07 Å². The van der Waals surface area contributed by atoms with Gasteiger partial charge in [-0.2, -0.15) is 0 Å². The lowest BCUT2D eigenvalue weighted by Gasteiger charge is -2.27. The number of likely N-dealkylation sites (tertiary alicyclic amines) is 1. The van der Waals surface area contributed by atoms with E-state index in [4.69, 9.17) is 9.41 Å². The largest absolute Gasteiger partial charge is 0.459 e. The molecule has 7 heteroatoms. The summed E-state index contributed by atoms with van der Waals surface area (Å²) in [6.07, 6.45) is 4.85. The summed E-state index contributed by atoms with van der Waals surface area (Å²) in [6, 6.07) is 12.7. The Morgan fingerprint density at radius 1 is 1.10 bits per heavy atom. The highest BCUT2D eigenvalue weighted by atomic mass is 16.3. The molecular formula is C24H35N5O2. The van der Waals surface area contributed by atoms with Crippen molar-refractivity contribution >= 4 is 11.9 Å². The molecule has 1 atom stereocenters. The minimum absolute atomic E-state index is 0.167. The van der Waals surface area contributed by atoms with Gasteiger partial charge in [-0.3, -0.25) is 14.7 Å². The van der Waals surface area contributed by atoms with E-state index in [0.717, 1.165) is 44.1 Å². The molecule has 1 aliphatic rings. The summed E-state index contributed by atoms with van der Waals surface area (Å²) >= 11 is 0. The zero-order valence-corrected chi connectivity index (χ0v) is 18.7. The van der Waals surface area contributed by atoms with E-state index in [-0.39, 0.29) is 5.91 Å². The second kappa shape index (κ2) is 12.2. The first-order valence-corrected chi connectivity index (χ1v) is 11.3. The fraction of sp³-hybridized carbons (Fsp3) is 0.500. The van der Waals surface area contributed by atoms with E-state index in [2.05, 4.69) is 58.1 Å². The van der Waals surface area contributed by atoms with Crippen LogP contribution in [0.3, 0.4) is 0 Å². The number of nitrogens with zero attached hydrogens (tertiary/aromatic N) is 2. The van der Waals surface area contributed by atoms with Gasteiger partial charge in [0.2, 0.25) is 0 Å². The van der Waals surface area contributed by atoms with E-state index >= 15 is 0 Å². The number of hydrogen-bond donors (Lipinski definition) is 3. The second-order valence-electron chi connectivity index (χ2n) is 7.86. The van der Waals surface area contributed by atoms with Crippen LogP contribution in [-0.4, -0.2) is 56.0 Å². The van der Waals surface area contributed by atoms with Crippen molar-refractivity contribution in [2.24, 2.45) is 4.99 Å². The first kappa shape index (κ1) is 22.9. The summed E-state index contributed by atoms with van der Waals surface area (Å²) in [7, 11) is 0. The Labute approximate surface area is 185 Å². The van der Waals surface area contributed by atoms with Gasteiger partial charge in [0.15, 0.2) is 11.7 Å². The standard InChI is InChI=1S/C24H35N5O2/c1-3-25-24(27-14-9-13-26-23(30)22-19(2)12-17-31-22)28-18-21(29-15-7-8-16-29)20-10-5-4-6-11-20/h4-6,10-12,17,21H,3,7-9,13-16,18H2,1-2H3,(H,26,30)(H2,25,27,28). The lowest BCUT2D eigenvalue weighted by molar-refractivity contribution is 0.0925. The third-order valence-corrected chi connectivity index (χ3v) is 5.53. The fourth-order valence-electron chi connectivity index (χ4n) is 3.86. The summed E-state index contributed by atoms with van der Waals surface area (Å²) in [6.45, 7) is 9.02. The number of nitrogens with one attached hydrogen (secondary N) is 3. The van der Waals surface area contributed by atoms with Crippen LogP contribution in [0.5, 0.6) is 0 Å². The van der Waals surface area contributed by atoms with E-state index in [0.29, 0.717) is 24.9 Å². The Morgan fingerprint density at radius 2 is 1.84 bits per heavy atom. The molecule has 31 heavy (non-hydrogen) atoms. The third-order valence-electron chi connectivity index (χ3n) is 5.53. The first-order valence-electron chi connectivity index (χ1n) is 11.3. The van der Waals surface area contributed by atoms with Gasteiger partial charge in [0.1, 0.15) is 0 Å². The highest BCUT2D eigenvalue weighted by molar-refractivity contribution is 5.92. The molecule has 0 saturated carbocycles. The molecule has 1 aromatic heterocycles. The monoisotopic (exact) mass is 425 g/mol. The van der Waals surface area contributed by atoms with Crippen molar-refractivity contribution in [3.05, 3.63) is 59.5 Å². The van der Waals surface area contributed by atoms with Crippen LogP contribution in [0.1, 0.15) is 53.9 Å². The third kappa shape index (κ3) is 6.85. The number of benzene rings is 1. The Morgan fingerprint density at radius 3 is 2.52 bits per heavy atom. The molecule has 0 aliphatic carbocycles. The average Bonchev–Trinajstić information content (AvgIpc) is 3.46. The Kier molecular flexibility index (Phi) is 8.97. The van der Waals surface area contributed by atoms with Crippen LogP contribution in [0, 0.1) is 6.92 Å². The van der Waals surface area contributed by atoms with Crippen LogP contribution in [-0.2, 0) is 0 Å². The molecule has 168 valence electrons. The van der Waals surface area contributed by atoms with E-state index in [1.807, 2.05) is 6.92 Å². The van der Waals surface area contributed by atoms with Crippen LogP contribution in [0.15, 0.2) is 52.1 Å². The van der Waals surface area contributed by atoms with Crippen molar-refractivity contribution in [3.8, 4) is 0 Å². The summed E-state index contributed by atoms with van der Waals surface area (Å²) in [5.41, 5.74) is 2.17. The summed E-state index contributed by atoms with van der Waals surface area (Å²) < 4.78 is 5.23. The zero-order chi connectivity index (χ0) is 21.9. The maximum absolute atomic E-state index is 12.1. The number of rotatable bonds is 10. The molecule has 2 heterocycles. The Hall–Kier alpha value is -2.80. The maximum Gasteiger partial charge on any atom is 0.287 e. The zero-order valence-electron chi connectivity index (χ0n) is 18.7. The van der Waals surface area contributed by atoms with Gasteiger partial charge < -0.3 is 20.4 Å². The van der Waals surface area contributed by atoms with Crippen molar-refractivity contribution in [1.29, 1.82) is 0 Å². The molecule has 3 rings (SSSR count). The minimum Gasteiger partial charge on any atom is -0.459 e. The number of carbonyl (C=O) groups is 1. The van der Waals surface area contributed by atoms with E-state index < -0.39 is 0 Å².